The largest absolute Gasteiger partial charge is 0.481 e. The zero-order valence-corrected chi connectivity index (χ0v) is 13.6. The number of hydrogen-bond acceptors (Lipinski definition) is 2. The minimum Gasteiger partial charge on any atom is -0.481 e. The van der Waals surface area contributed by atoms with Gasteiger partial charge in [0.15, 0.2) is 0 Å². The van der Waals surface area contributed by atoms with Crippen LogP contribution < -0.4 is 10.6 Å². The molecule has 1 unspecified atom stereocenters. The van der Waals surface area contributed by atoms with Crippen LogP contribution in [-0.4, -0.2) is 29.2 Å². The molecule has 0 bridgehead atoms. The summed E-state index contributed by atoms with van der Waals surface area (Å²) in [4.78, 5) is 22.9. The molecule has 2 amide bonds. The summed E-state index contributed by atoms with van der Waals surface area (Å²) in [5.74, 6) is -0.385. The fraction of sp³-hybridized carbons (Fsp3) is 0.875. The standard InChI is InChI=1S/C16H30N2O3/c1-12(2)9-13(10-14(19)20)11-17-15(21)18-16(3)7-5-4-6-8-16/h12-13H,4-11H2,1-3H3,(H,19,20)(H2,17,18,21). The number of carbonyl (C=O) groups excluding carboxylic acids is 1. The van der Waals surface area contributed by atoms with E-state index in [0.29, 0.717) is 12.5 Å². The van der Waals surface area contributed by atoms with Crippen molar-refractivity contribution in [2.75, 3.05) is 6.54 Å². The number of amides is 2. The van der Waals surface area contributed by atoms with E-state index in [1.54, 1.807) is 0 Å². The molecule has 1 aliphatic carbocycles. The van der Waals surface area contributed by atoms with Gasteiger partial charge in [-0.25, -0.2) is 4.79 Å². The van der Waals surface area contributed by atoms with Gasteiger partial charge >= 0.3 is 12.0 Å². The van der Waals surface area contributed by atoms with Crippen molar-refractivity contribution >= 4 is 12.0 Å². The molecule has 1 aliphatic rings. The Hall–Kier alpha value is -1.26. The van der Waals surface area contributed by atoms with Crippen molar-refractivity contribution < 1.29 is 14.7 Å². The smallest absolute Gasteiger partial charge is 0.315 e. The Kier molecular flexibility index (Phi) is 6.99. The van der Waals surface area contributed by atoms with Crippen LogP contribution in [0.1, 0.15) is 65.7 Å². The predicted octanol–water partition coefficient (Wildman–Crippen LogP) is 3.15. The maximum atomic E-state index is 12.0. The zero-order valence-electron chi connectivity index (χ0n) is 13.6. The van der Waals surface area contributed by atoms with Crippen LogP contribution in [0.3, 0.4) is 0 Å². The number of carboxylic acids is 1. The maximum absolute atomic E-state index is 12.0. The number of hydrogen-bond donors (Lipinski definition) is 3. The second kappa shape index (κ2) is 8.25. The van der Waals surface area contributed by atoms with E-state index in [1.807, 2.05) is 0 Å². The molecule has 1 atom stereocenters. The molecule has 21 heavy (non-hydrogen) atoms. The number of urea groups is 1. The first-order valence-corrected chi connectivity index (χ1v) is 8.08. The monoisotopic (exact) mass is 298 g/mol. The fourth-order valence-corrected chi connectivity index (χ4v) is 3.16. The van der Waals surface area contributed by atoms with Crippen LogP contribution in [-0.2, 0) is 4.79 Å². The van der Waals surface area contributed by atoms with Crippen molar-refractivity contribution in [3.63, 3.8) is 0 Å². The van der Waals surface area contributed by atoms with Gasteiger partial charge < -0.3 is 15.7 Å². The molecule has 0 heterocycles. The topological polar surface area (TPSA) is 78.4 Å². The van der Waals surface area contributed by atoms with Gasteiger partial charge in [0, 0.05) is 18.5 Å². The molecule has 0 aromatic carbocycles. The van der Waals surface area contributed by atoms with E-state index < -0.39 is 5.97 Å². The lowest BCUT2D eigenvalue weighted by Crippen LogP contribution is -2.51. The Morgan fingerprint density at radius 1 is 1.19 bits per heavy atom. The Bertz CT molecular complexity index is 349. The van der Waals surface area contributed by atoms with Crippen LogP contribution >= 0.6 is 0 Å². The SMILES string of the molecule is CC(C)CC(CNC(=O)NC1(C)CCCCC1)CC(=O)O. The molecule has 0 aromatic heterocycles. The number of carbonyl (C=O) groups is 2. The van der Waals surface area contributed by atoms with Crippen LogP contribution in [0.25, 0.3) is 0 Å². The van der Waals surface area contributed by atoms with Gasteiger partial charge in [0.25, 0.3) is 0 Å². The Balaban J connectivity index is 2.39. The van der Waals surface area contributed by atoms with Gasteiger partial charge in [-0.05, 0) is 38.0 Å². The first kappa shape index (κ1) is 17.8. The minimum absolute atomic E-state index is 0.00703. The highest BCUT2D eigenvalue weighted by molar-refractivity contribution is 5.75. The summed E-state index contributed by atoms with van der Waals surface area (Å²) in [5.41, 5.74) is -0.108. The number of aliphatic carboxylic acids is 1. The molecule has 1 saturated carbocycles. The summed E-state index contributed by atoms with van der Waals surface area (Å²) < 4.78 is 0. The second-order valence-electron chi connectivity index (χ2n) is 7.05. The highest BCUT2D eigenvalue weighted by Crippen LogP contribution is 2.27. The lowest BCUT2D eigenvalue weighted by Gasteiger charge is -2.34. The van der Waals surface area contributed by atoms with E-state index in [0.717, 1.165) is 32.1 Å². The Labute approximate surface area is 127 Å². The van der Waals surface area contributed by atoms with E-state index in [-0.39, 0.29) is 23.9 Å². The van der Waals surface area contributed by atoms with E-state index in [4.69, 9.17) is 5.11 Å². The lowest BCUT2D eigenvalue weighted by atomic mass is 9.83. The molecular formula is C16H30N2O3. The van der Waals surface area contributed by atoms with Gasteiger partial charge in [-0.15, -0.1) is 0 Å². The minimum atomic E-state index is -0.804. The fourth-order valence-electron chi connectivity index (χ4n) is 3.16. The van der Waals surface area contributed by atoms with Gasteiger partial charge in [0.1, 0.15) is 0 Å². The van der Waals surface area contributed by atoms with E-state index in [2.05, 4.69) is 31.4 Å². The molecule has 122 valence electrons. The molecular weight excluding hydrogens is 268 g/mol. The normalized spacial score (nSPS) is 19.0. The van der Waals surface area contributed by atoms with Crippen molar-refractivity contribution in [3.05, 3.63) is 0 Å². The third kappa shape index (κ3) is 7.34. The molecule has 0 radical (unpaired) electrons. The van der Waals surface area contributed by atoms with Gasteiger partial charge in [-0.1, -0.05) is 33.1 Å². The van der Waals surface area contributed by atoms with Crippen molar-refractivity contribution in [2.24, 2.45) is 11.8 Å². The quantitative estimate of drug-likeness (QED) is 0.675. The van der Waals surface area contributed by atoms with Gasteiger partial charge in [-0.2, -0.15) is 0 Å². The van der Waals surface area contributed by atoms with Crippen molar-refractivity contribution in [1.29, 1.82) is 0 Å². The highest BCUT2D eigenvalue weighted by atomic mass is 16.4. The molecule has 5 heteroatoms. The number of rotatable bonds is 7. The van der Waals surface area contributed by atoms with Crippen LogP contribution in [0.15, 0.2) is 0 Å². The first-order chi connectivity index (χ1) is 9.81. The summed E-state index contributed by atoms with van der Waals surface area (Å²) in [5, 5.41) is 14.8. The van der Waals surface area contributed by atoms with Crippen LogP contribution in [0, 0.1) is 11.8 Å². The third-order valence-electron chi connectivity index (χ3n) is 4.19. The molecule has 1 fully saturated rings. The molecule has 0 saturated heterocycles. The molecule has 1 rings (SSSR count). The van der Waals surface area contributed by atoms with Crippen LogP contribution in [0.4, 0.5) is 4.79 Å². The average molecular weight is 298 g/mol. The zero-order chi connectivity index (χ0) is 15.9. The second-order valence-corrected chi connectivity index (χ2v) is 7.05. The summed E-state index contributed by atoms with van der Waals surface area (Å²) in [6.07, 6.45) is 6.51. The van der Waals surface area contributed by atoms with Gasteiger partial charge in [0.05, 0.1) is 0 Å². The van der Waals surface area contributed by atoms with Crippen molar-refractivity contribution in [3.8, 4) is 0 Å². The number of nitrogens with one attached hydrogen (secondary N) is 2. The summed E-state index contributed by atoms with van der Waals surface area (Å²) in [6.45, 7) is 6.65. The molecule has 3 N–H and O–H groups in total. The van der Waals surface area contributed by atoms with E-state index in [9.17, 15) is 9.59 Å². The third-order valence-corrected chi connectivity index (χ3v) is 4.19. The average Bonchev–Trinajstić information content (AvgIpc) is 2.35. The van der Waals surface area contributed by atoms with E-state index in [1.165, 1.54) is 6.42 Å². The van der Waals surface area contributed by atoms with Crippen LogP contribution in [0.5, 0.6) is 0 Å². The van der Waals surface area contributed by atoms with Crippen molar-refractivity contribution in [1.82, 2.24) is 10.6 Å². The molecule has 0 aromatic rings. The Morgan fingerprint density at radius 2 is 1.81 bits per heavy atom. The Morgan fingerprint density at radius 3 is 2.33 bits per heavy atom. The molecule has 5 nitrogen and oxygen atoms in total. The maximum Gasteiger partial charge on any atom is 0.315 e. The van der Waals surface area contributed by atoms with Crippen molar-refractivity contribution in [2.45, 2.75) is 71.3 Å². The predicted molar refractivity (Wildman–Crippen MR) is 83.2 cm³/mol. The molecule has 0 spiro atoms. The summed E-state index contributed by atoms with van der Waals surface area (Å²) in [6, 6.07) is -0.168. The summed E-state index contributed by atoms with van der Waals surface area (Å²) >= 11 is 0. The lowest BCUT2D eigenvalue weighted by molar-refractivity contribution is -0.138. The first-order valence-electron chi connectivity index (χ1n) is 8.08. The summed E-state index contributed by atoms with van der Waals surface area (Å²) in [7, 11) is 0. The van der Waals surface area contributed by atoms with Crippen LogP contribution in [0.2, 0.25) is 0 Å². The van der Waals surface area contributed by atoms with Gasteiger partial charge in [-0.3, -0.25) is 4.79 Å². The number of carboxylic acid groups (broad SMARTS) is 1. The molecule has 0 aliphatic heterocycles. The van der Waals surface area contributed by atoms with Gasteiger partial charge in [0.2, 0.25) is 0 Å². The van der Waals surface area contributed by atoms with E-state index >= 15 is 0 Å². The highest BCUT2D eigenvalue weighted by Gasteiger charge is 2.28.